The Kier molecular flexibility index (Phi) is 4.51. The molecule has 0 fully saturated rings. The molecule has 1 amide bonds. The average Bonchev–Trinajstić information content (AvgIpc) is 3.33. The van der Waals surface area contributed by atoms with E-state index < -0.39 is 0 Å². The quantitative estimate of drug-likeness (QED) is 0.738. The Morgan fingerprint density at radius 1 is 1.27 bits per heavy atom. The molecule has 2 heterocycles. The molecule has 1 aliphatic rings. The third-order valence-corrected chi connectivity index (χ3v) is 5.57. The van der Waals surface area contributed by atoms with Crippen LogP contribution in [0.2, 0.25) is 0 Å². The van der Waals surface area contributed by atoms with E-state index in [2.05, 4.69) is 22.5 Å². The van der Waals surface area contributed by atoms with Crippen LogP contribution in [0.15, 0.2) is 35.7 Å². The van der Waals surface area contributed by atoms with E-state index in [9.17, 15) is 4.79 Å². The Morgan fingerprint density at radius 3 is 2.92 bits per heavy atom. The van der Waals surface area contributed by atoms with E-state index >= 15 is 0 Å². The third kappa shape index (κ3) is 3.51. The van der Waals surface area contributed by atoms with Gasteiger partial charge in [0.1, 0.15) is 18.2 Å². The van der Waals surface area contributed by atoms with Gasteiger partial charge in [0.25, 0.3) is 5.91 Å². The predicted molar refractivity (Wildman–Crippen MR) is 103 cm³/mol. The van der Waals surface area contributed by atoms with Gasteiger partial charge in [-0.15, -0.1) is 11.3 Å². The van der Waals surface area contributed by atoms with Crippen LogP contribution in [0.4, 0.5) is 5.82 Å². The van der Waals surface area contributed by atoms with Gasteiger partial charge in [-0.25, -0.2) is 0 Å². The normalized spacial score (nSPS) is 12.8. The monoisotopic (exact) mass is 367 g/mol. The zero-order chi connectivity index (χ0) is 18.1. The smallest absolute Gasteiger partial charge is 0.266 e. The van der Waals surface area contributed by atoms with Crippen LogP contribution in [0.3, 0.4) is 0 Å². The van der Waals surface area contributed by atoms with Crippen LogP contribution in [-0.2, 0) is 26.5 Å². The fourth-order valence-electron chi connectivity index (χ4n) is 3.28. The van der Waals surface area contributed by atoms with E-state index in [1.54, 1.807) is 4.68 Å². The van der Waals surface area contributed by atoms with Crippen molar-refractivity contribution in [1.82, 2.24) is 9.78 Å². The number of carbonyl (C=O) groups excluding carboxylic acids is 1. The topological polar surface area (TPSA) is 56.1 Å². The zero-order valence-corrected chi connectivity index (χ0v) is 15.7. The van der Waals surface area contributed by atoms with E-state index in [1.807, 2.05) is 37.6 Å². The van der Waals surface area contributed by atoms with Crippen LogP contribution < -0.4 is 10.1 Å². The van der Waals surface area contributed by atoms with Crippen molar-refractivity contribution in [2.24, 2.45) is 7.05 Å². The molecule has 134 valence electrons. The maximum absolute atomic E-state index is 12.4. The summed E-state index contributed by atoms with van der Waals surface area (Å²) in [5.74, 6) is 1.46. The molecule has 2 aromatic heterocycles. The molecule has 1 aromatic carbocycles. The molecule has 0 aliphatic heterocycles. The highest BCUT2D eigenvalue weighted by Crippen LogP contribution is 2.27. The number of nitrogens with one attached hydrogen (secondary N) is 1. The second kappa shape index (κ2) is 6.96. The number of thiophene rings is 1. The summed E-state index contributed by atoms with van der Waals surface area (Å²) >= 11 is 1.42. The van der Waals surface area contributed by atoms with E-state index in [1.165, 1.54) is 35.3 Å². The molecule has 5 nitrogen and oxygen atoms in total. The first-order chi connectivity index (χ1) is 12.6. The molecule has 3 aromatic rings. The molecule has 0 unspecified atom stereocenters. The van der Waals surface area contributed by atoms with Crippen molar-refractivity contribution >= 4 is 23.1 Å². The summed E-state index contributed by atoms with van der Waals surface area (Å²) in [5.41, 5.74) is 4.72. The highest BCUT2D eigenvalue weighted by atomic mass is 32.1. The van der Waals surface area contributed by atoms with Crippen molar-refractivity contribution in [1.29, 1.82) is 0 Å². The number of hydrogen-bond donors (Lipinski definition) is 1. The van der Waals surface area contributed by atoms with E-state index in [0.29, 0.717) is 17.3 Å². The number of carbonyl (C=O) groups is 1. The first kappa shape index (κ1) is 16.8. The van der Waals surface area contributed by atoms with Crippen LogP contribution in [0, 0.1) is 6.92 Å². The molecule has 0 bridgehead atoms. The second-order valence-electron chi connectivity index (χ2n) is 6.64. The lowest BCUT2D eigenvalue weighted by molar-refractivity contribution is 0.102. The van der Waals surface area contributed by atoms with Gasteiger partial charge in [-0.2, -0.15) is 5.10 Å². The molecule has 0 radical (unpaired) electrons. The van der Waals surface area contributed by atoms with Crippen LogP contribution in [0.25, 0.3) is 0 Å². The molecule has 0 saturated carbocycles. The van der Waals surface area contributed by atoms with Crippen LogP contribution in [0.1, 0.15) is 38.5 Å². The van der Waals surface area contributed by atoms with Crippen molar-refractivity contribution in [3.05, 3.63) is 63.0 Å². The zero-order valence-electron chi connectivity index (χ0n) is 14.9. The minimum Gasteiger partial charge on any atom is -0.489 e. The summed E-state index contributed by atoms with van der Waals surface area (Å²) in [4.78, 5) is 13.1. The Labute approximate surface area is 156 Å². The number of hydrogen-bond acceptors (Lipinski definition) is 4. The SMILES string of the molecule is Cc1cc(NC(=O)c2cc(COc3ccc4c(c3)CCC4)cs2)n(C)n1. The van der Waals surface area contributed by atoms with Crippen LogP contribution >= 0.6 is 11.3 Å². The Balaban J connectivity index is 1.38. The predicted octanol–water partition coefficient (Wildman–Crippen LogP) is 4.11. The molecule has 4 rings (SSSR count). The van der Waals surface area contributed by atoms with E-state index in [0.717, 1.165) is 23.4 Å². The summed E-state index contributed by atoms with van der Waals surface area (Å²) in [6, 6.07) is 10.1. The van der Waals surface area contributed by atoms with Gasteiger partial charge < -0.3 is 10.1 Å². The second-order valence-corrected chi connectivity index (χ2v) is 7.55. The van der Waals surface area contributed by atoms with Gasteiger partial charge in [0.15, 0.2) is 0 Å². The number of aromatic nitrogens is 2. The third-order valence-electron chi connectivity index (χ3n) is 4.60. The maximum atomic E-state index is 12.4. The molecule has 0 atom stereocenters. The summed E-state index contributed by atoms with van der Waals surface area (Å²) in [7, 11) is 1.81. The first-order valence-corrected chi connectivity index (χ1v) is 9.60. The fourth-order valence-corrected chi connectivity index (χ4v) is 4.07. The summed E-state index contributed by atoms with van der Waals surface area (Å²) < 4.78 is 7.58. The lowest BCUT2D eigenvalue weighted by Gasteiger charge is -2.07. The van der Waals surface area contributed by atoms with Crippen molar-refractivity contribution in [2.75, 3.05) is 5.32 Å². The van der Waals surface area contributed by atoms with Gasteiger partial charge in [-0.3, -0.25) is 9.48 Å². The van der Waals surface area contributed by atoms with Gasteiger partial charge in [-0.05, 0) is 60.9 Å². The van der Waals surface area contributed by atoms with Crippen molar-refractivity contribution < 1.29 is 9.53 Å². The maximum Gasteiger partial charge on any atom is 0.266 e. The van der Waals surface area contributed by atoms with Gasteiger partial charge in [0.2, 0.25) is 0 Å². The molecule has 1 aliphatic carbocycles. The highest BCUT2D eigenvalue weighted by Gasteiger charge is 2.14. The minimum absolute atomic E-state index is 0.123. The van der Waals surface area contributed by atoms with Crippen molar-refractivity contribution in [2.45, 2.75) is 32.8 Å². The molecule has 0 spiro atoms. The molecule has 1 N–H and O–H groups in total. The number of ether oxygens (including phenoxy) is 1. The molecular formula is C20H21N3O2S. The lowest BCUT2D eigenvalue weighted by atomic mass is 10.1. The minimum atomic E-state index is -0.123. The number of fused-ring (bicyclic) bond motifs is 1. The van der Waals surface area contributed by atoms with E-state index in [-0.39, 0.29) is 5.91 Å². The largest absolute Gasteiger partial charge is 0.489 e. The average molecular weight is 367 g/mol. The fraction of sp³-hybridized carbons (Fsp3) is 0.300. The molecule has 6 heteroatoms. The molecule has 26 heavy (non-hydrogen) atoms. The van der Waals surface area contributed by atoms with Gasteiger partial charge in [0, 0.05) is 18.7 Å². The number of anilines is 1. The molecule has 0 saturated heterocycles. The van der Waals surface area contributed by atoms with E-state index in [4.69, 9.17) is 4.74 Å². The van der Waals surface area contributed by atoms with Crippen molar-refractivity contribution in [3.63, 3.8) is 0 Å². The van der Waals surface area contributed by atoms with Crippen molar-refractivity contribution in [3.8, 4) is 5.75 Å². The molecular weight excluding hydrogens is 346 g/mol. The van der Waals surface area contributed by atoms with Gasteiger partial charge in [0.05, 0.1) is 10.6 Å². The summed E-state index contributed by atoms with van der Waals surface area (Å²) in [5, 5.41) is 9.10. The van der Waals surface area contributed by atoms with Gasteiger partial charge in [-0.1, -0.05) is 6.07 Å². The number of amides is 1. The standard InChI is InChI=1S/C20H21N3O2S/c1-13-8-19(23(2)22-13)21-20(24)18-9-14(12-26-18)11-25-17-7-6-15-4-3-5-16(15)10-17/h6-10,12H,3-5,11H2,1-2H3,(H,21,24). The Morgan fingerprint density at radius 2 is 2.12 bits per heavy atom. The number of aryl methyl sites for hydroxylation is 4. The Bertz CT molecular complexity index is 958. The van der Waals surface area contributed by atoms with Crippen LogP contribution in [-0.4, -0.2) is 15.7 Å². The first-order valence-electron chi connectivity index (χ1n) is 8.72. The number of nitrogens with zero attached hydrogens (tertiary/aromatic N) is 2. The van der Waals surface area contributed by atoms with Gasteiger partial charge >= 0.3 is 0 Å². The summed E-state index contributed by atoms with van der Waals surface area (Å²) in [6.45, 7) is 2.36. The van der Waals surface area contributed by atoms with Crippen LogP contribution in [0.5, 0.6) is 5.75 Å². The highest BCUT2D eigenvalue weighted by molar-refractivity contribution is 7.12. The number of rotatable bonds is 5. The lowest BCUT2D eigenvalue weighted by Crippen LogP contribution is -2.13. The Hall–Kier alpha value is -2.60. The number of benzene rings is 1. The summed E-state index contributed by atoms with van der Waals surface area (Å²) in [6.07, 6.45) is 3.55.